The molecule has 3 rings (SSSR count). The SMILES string of the molecule is CCNc1ccc(N2CCN(C(=O)c3cc(Cl)ccc3OC)CC2)nn1. The van der Waals surface area contributed by atoms with Crippen LogP contribution < -0.4 is 15.0 Å². The summed E-state index contributed by atoms with van der Waals surface area (Å²) in [6.45, 7) is 5.42. The third-order valence-corrected chi connectivity index (χ3v) is 4.53. The van der Waals surface area contributed by atoms with Crippen LogP contribution in [-0.2, 0) is 0 Å². The standard InChI is InChI=1S/C18H22ClN5O2/c1-3-20-16-6-7-17(22-21-16)23-8-10-24(11-9-23)18(25)14-12-13(19)4-5-15(14)26-2/h4-7,12H,3,8-11H2,1-2H3,(H,20,21). The van der Waals surface area contributed by atoms with Crippen LogP contribution in [-0.4, -0.2) is 60.8 Å². The number of anilines is 2. The smallest absolute Gasteiger partial charge is 0.257 e. The Hall–Kier alpha value is -2.54. The van der Waals surface area contributed by atoms with E-state index in [1.165, 1.54) is 0 Å². The third kappa shape index (κ3) is 3.99. The van der Waals surface area contributed by atoms with Gasteiger partial charge in [0.1, 0.15) is 11.6 Å². The zero-order valence-corrected chi connectivity index (χ0v) is 15.7. The van der Waals surface area contributed by atoms with Crippen LogP contribution >= 0.6 is 11.6 Å². The third-order valence-electron chi connectivity index (χ3n) is 4.29. The molecule has 8 heteroatoms. The largest absolute Gasteiger partial charge is 0.496 e. The van der Waals surface area contributed by atoms with Gasteiger partial charge in [0.05, 0.1) is 12.7 Å². The summed E-state index contributed by atoms with van der Waals surface area (Å²) < 4.78 is 5.29. The van der Waals surface area contributed by atoms with Crippen LogP contribution in [0.5, 0.6) is 5.75 Å². The number of benzene rings is 1. The average Bonchev–Trinajstić information content (AvgIpc) is 2.68. The van der Waals surface area contributed by atoms with E-state index in [0.717, 1.165) is 18.2 Å². The number of carbonyl (C=O) groups excluding carboxylic acids is 1. The van der Waals surface area contributed by atoms with E-state index < -0.39 is 0 Å². The highest BCUT2D eigenvalue weighted by Crippen LogP contribution is 2.25. The number of methoxy groups -OCH3 is 1. The Morgan fingerprint density at radius 1 is 1.19 bits per heavy atom. The number of aromatic nitrogens is 2. The normalized spacial score (nSPS) is 14.3. The molecule has 1 aromatic heterocycles. The molecule has 0 unspecified atom stereocenters. The summed E-state index contributed by atoms with van der Waals surface area (Å²) in [7, 11) is 1.55. The lowest BCUT2D eigenvalue weighted by Crippen LogP contribution is -2.49. The van der Waals surface area contributed by atoms with Gasteiger partial charge in [-0.3, -0.25) is 4.79 Å². The van der Waals surface area contributed by atoms with Gasteiger partial charge in [0.15, 0.2) is 5.82 Å². The number of rotatable bonds is 5. The molecule has 138 valence electrons. The number of carbonyl (C=O) groups is 1. The maximum Gasteiger partial charge on any atom is 0.257 e. The average molecular weight is 376 g/mol. The van der Waals surface area contributed by atoms with Crippen molar-refractivity contribution in [1.29, 1.82) is 0 Å². The summed E-state index contributed by atoms with van der Waals surface area (Å²) in [6.07, 6.45) is 0. The maximum atomic E-state index is 12.8. The lowest BCUT2D eigenvalue weighted by Gasteiger charge is -2.35. The molecule has 1 fully saturated rings. The molecule has 0 spiro atoms. The molecule has 1 aromatic carbocycles. The van der Waals surface area contributed by atoms with Crippen LogP contribution in [0.4, 0.5) is 11.6 Å². The van der Waals surface area contributed by atoms with Crippen molar-refractivity contribution < 1.29 is 9.53 Å². The molecular formula is C18H22ClN5O2. The number of nitrogens with zero attached hydrogens (tertiary/aromatic N) is 4. The molecule has 1 aliphatic rings. The lowest BCUT2D eigenvalue weighted by atomic mass is 10.1. The van der Waals surface area contributed by atoms with E-state index in [0.29, 0.717) is 42.5 Å². The minimum Gasteiger partial charge on any atom is -0.496 e. The van der Waals surface area contributed by atoms with Crippen LogP contribution in [0.25, 0.3) is 0 Å². The Labute approximate surface area is 157 Å². The fourth-order valence-electron chi connectivity index (χ4n) is 2.93. The maximum absolute atomic E-state index is 12.8. The first-order chi connectivity index (χ1) is 12.6. The Bertz CT molecular complexity index is 761. The van der Waals surface area contributed by atoms with E-state index in [1.54, 1.807) is 25.3 Å². The molecular weight excluding hydrogens is 354 g/mol. The number of hydrogen-bond donors (Lipinski definition) is 1. The van der Waals surface area contributed by atoms with E-state index >= 15 is 0 Å². The van der Waals surface area contributed by atoms with Crippen LogP contribution in [0.1, 0.15) is 17.3 Å². The van der Waals surface area contributed by atoms with Crippen LogP contribution in [0.15, 0.2) is 30.3 Å². The Kier molecular flexibility index (Phi) is 5.78. The highest BCUT2D eigenvalue weighted by Gasteiger charge is 2.25. The monoisotopic (exact) mass is 375 g/mol. The fourth-order valence-corrected chi connectivity index (χ4v) is 3.10. The van der Waals surface area contributed by atoms with Gasteiger partial charge in [0, 0.05) is 37.7 Å². The van der Waals surface area contributed by atoms with Crippen molar-refractivity contribution in [3.05, 3.63) is 40.9 Å². The van der Waals surface area contributed by atoms with Gasteiger partial charge < -0.3 is 19.9 Å². The molecule has 1 aliphatic heterocycles. The number of hydrogen-bond acceptors (Lipinski definition) is 6. The van der Waals surface area contributed by atoms with Crippen molar-refractivity contribution in [2.75, 3.05) is 50.1 Å². The van der Waals surface area contributed by atoms with Crippen LogP contribution in [0.3, 0.4) is 0 Å². The van der Waals surface area contributed by atoms with Crippen LogP contribution in [0, 0.1) is 0 Å². The van der Waals surface area contributed by atoms with E-state index in [9.17, 15) is 4.79 Å². The van der Waals surface area contributed by atoms with Gasteiger partial charge in [-0.1, -0.05) is 11.6 Å². The van der Waals surface area contributed by atoms with Gasteiger partial charge >= 0.3 is 0 Å². The predicted molar refractivity (Wildman–Crippen MR) is 102 cm³/mol. The minimum absolute atomic E-state index is 0.0717. The number of piperazine rings is 1. The molecule has 2 aromatic rings. The molecule has 0 saturated carbocycles. The second-order valence-corrected chi connectivity index (χ2v) is 6.37. The summed E-state index contributed by atoms with van der Waals surface area (Å²) in [4.78, 5) is 16.8. The van der Waals surface area contributed by atoms with Gasteiger partial charge in [0.25, 0.3) is 5.91 Å². The molecule has 0 aliphatic carbocycles. The summed E-state index contributed by atoms with van der Waals surface area (Å²) in [5.74, 6) is 2.04. The Morgan fingerprint density at radius 3 is 2.58 bits per heavy atom. The first-order valence-electron chi connectivity index (χ1n) is 8.57. The molecule has 0 bridgehead atoms. The quantitative estimate of drug-likeness (QED) is 0.866. The van der Waals surface area contributed by atoms with E-state index in [2.05, 4.69) is 20.4 Å². The van der Waals surface area contributed by atoms with Crippen molar-refractivity contribution in [1.82, 2.24) is 15.1 Å². The summed E-state index contributed by atoms with van der Waals surface area (Å²) in [5.41, 5.74) is 0.489. The topological polar surface area (TPSA) is 70.6 Å². The van der Waals surface area contributed by atoms with E-state index in [4.69, 9.17) is 16.3 Å². The number of ether oxygens (including phenoxy) is 1. The van der Waals surface area contributed by atoms with Gasteiger partial charge in [-0.05, 0) is 37.3 Å². The molecule has 1 saturated heterocycles. The zero-order chi connectivity index (χ0) is 18.5. The Morgan fingerprint density at radius 2 is 1.96 bits per heavy atom. The predicted octanol–water partition coefficient (Wildman–Crippen LogP) is 2.53. The molecule has 0 atom stereocenters. The number of amides is 1. The van der Waals surface area contributed by atoms with E-state index in [-0.39, 0.29) is 5.91 Å². The van der Waals surface area contributed by atoms with Gasteiger partial charge in [-0.25, -0.2) is 0 Å². The second kappa shape index (κ2) is 8.23. The van der Waals surface area contributed by atoms with Crippen molar-refractivity contribution in [3.63, 3.8) is 0 Å². The molecule has 1 N–H and O–H groups in total. The molecule has 1 amide bonds. The number of nitrogens with one attached hydrogen (secondary N) is 1. The van der Waals surface area contributed by atoms with Crippen molar-refractivity contribution in [2.24, 2.45) is 0 Å². The minimum atomic E-state index is -0.0717. The molecule has 26 heavy (non-hydrogen) atoms. The first kappa shape index (κ1) is 18.3. The number of halogens is 1. The van der Waals surface area contributed by atoms with Crippen molar-refractivity contribution >= 4 is 29.1 Å². The van der Waals surface area contributed by atoms with Crippen molar-refractivity contribution in [3.8, 4) is 5.75 Å². The Balaban J connectivity index is 1.65. The molecule has 7 nitrogen and oxygen atoms in total. The summed E-state index contributed by atoms with van der Waals surface area (Å²) in [5, 5.41) is 12.1. The first-order valence-corrected chi connectivity index (χ1v) is 8.95. The van der Waals surface area contributed by atoms with Crippen LogP contribution in [0.2, 0.25) is 5.02 Å². The van der Waals surface area contributed by atoms with Crippen molar-refractivity contribution in [2.45, 2.75) is 6.92 Å². The second-order valence-electron chi connectivity index (χ2n) is 5.93. The van der Waals surface area contributed by atoms with Gasteiger partial charge in [0.2, 0.25) is 0 Å². The van der Waals surface area contributed by atoms with Gasteiger partial charge in [-0.15, -0.1) is 10.2 Å². The lowest BCUT2D eigenvalue weighted by molar-refractivity contribution is 0.0743. The summed E-state index contributed by atoms with van der Waals surface area (Å²) >= 11 is 6.04. The fraction of sp³-hybridized carbons (Fsp3) is 0.389. The highest BCUT2D eigenvalue weighted by atomic mass is 35.5. The molecule has 2 heterocycles. The van der Waals surface area contributed by atoms with Gasteiger partial charge in [-0.2, -0.15) is 0 Å². The zero-order valence-electron chi connectivity index (χ0n) is 14.9. The summed E-state index contributed by atoms with van der Waals surface area (Å²) in [6, 6.07) is 8.95. The van der Waals surface area contributed by atoms with E-state index in [1.807, 2.05) is 24.0 Å². The highest BCUT2D eigenvalue weighted by molar-refractivity contribution is 6.31. The molecule has 0 radical (unpaired) electrons.